The van der Waals surface area contributed by atoms with E-state index in [1.54, 1.807) is 25.3 Å². The average Bonchev–Trinajstić information content (AvgIpc) is 2.80. The first-order valence-corrected chi connectivity index (χ1v) is 6.73. The second-order valence-corrected chi connectivity index (χ2v) is 4.91. The number of carbonyl (C=O) groups is 3. The van der Waals surface area contributed by atoms with E-state index in [2.05, 4.69) is 10.3 Å². The van der Waals surface area contributed by atoms with E-state index < -0.39 is 12.1 Å². The van der Waals surface area contributed by atoms with Crippen molar-refractivity contribution in [3.63, 3.8) is 0 Å². The number of hydrogen-bond acceptors (Lipinski definition) is 4. The number of carbonyl (C=O) groups excluding carboxylic acids is 2. The Bertz CT molecular complexity index is 573. The fourth-order valence-corrected chi connectivity index (χ4v) is 2.47. The second-order valence-electron chi connectivity index (χ2n) is 4.91. The van der Waals surface area contributed by atoms with E-state index in [1.165, 1.54) is 4.90 Å². The lowest BCUT2D eigenvalue weighted by atomic mass is 10.0. The van der Waals surface area contributed by atoms with Crippen LogP contribution in [-0.2, 0) is 4.79 Å². The molecule has 0 aliphatic carbocycles. The fraction of sp³-hybridized carbons (Fsp3) is 0.429. The molecule has 21 heavy (non-hydrogen) atoms. The van der Waals surface area contributed by atoms with Crippen molar-refractivity contribution in [2.45, 2.75) is 25.8 Å². The first kappa shape index (κ1) is 15.0. The number of amides is 2. The lowest BCUT2D eigenvalue weighted by Gasteiger charge is -2.23. The van der Waals surface area contributed by atoms with E-state index in [0.29, 0.717) is 18.5 Å². The van der Waals surface area contributed by atoms with Gasteiger partial charge in [-0.25, -0.2) is 4.79 Å². The molecule has 1 aliphatic rings. The summed E-state index contributed by atoms with van der Waals surface area (Å²) in [5.74, 6) is -0.316. The number of pyridine rings is 1. The Morgan fingerprint density at radius 3 is 2.95 bits per heavy atom. The van der Waals surface area contributed by atoms with Crippen LogP contribution in [0.25, 0.3) is 0 Å². The van der Waals surface area contributed by atoms with Gasteiger partial charge in [-0.3, -0.25) is 14.6 Å². The number of hydrogen-bond donors (Lipinski definition) is 2. The van der Waals surface area contributed by atoms with Gasteiger partial charge in [0.25, 0.3) is 0 Å². The van der Waals surface area contributed by atoms with Crippen molar-refractivity contribution in [2.75, 3.05) is 13.1 Å². The third-order valence-electron chi connectivity index (χ3n) is 3.50. The summed E-state index contributed by atoms with van der Waals surface area (Å²) in [4.78, 5) is 40.4. The summed E-state index contributed by atoms with van der Waals surface area (Å²) in [6, 6.07) is 3.00. The Kier molecular flexibility index (Phi) is 4.52. The highest BCUT2D eigenvalue weighted by molar-refractivity contribution is 6.02. The van der Waals surface area contributed by atoms with Crippen LogP contribution in [0.15, 0.2) is 18.3 Å². The number of nitrogens with one attached hydrogen (secondary N) is 1. The maximum absolute atomic E-state index is 12.5. The molecule has 1 saturated heterocycles. The topological polar surface area (TPSA) is 99.6 Å². The number of Topliss-reactive ketones (excluding diaryl/α,β-unsaturated/α-hetero) is 1. The Labute approximate surface area is 122 Å². The zero-order valence-electron chi connectivity index (χ0n) is 11.7. The molecule has 1 aliphatic heterocycles. The van der Waals surface area contributed by atoms with Gasteiger partial charge in [-0.15, -0.1) is 0 Å². The molecule has 112 valence electrons. The van der Waals surface area contributed by atoms with Crippen molar-refractivity contribution in [3.8, 4) is 0 Å². The van der Waals surface area contributed by atoms with Gasteiger partial charge < -0.3 is 15.3 Å². The Balaban J connectivity index is 2.10. The predicted octanol–water partition coefficient (Wildman–Crippen LogP) is 0.831. The molecule has 0 bridgehead atoms. The molecule has 0 radical (unpaired) electrons. The third kappa shape index (κ3) is 3.36. The van der Waals surface area contributed by atoms with Crippen LogP contribution >= 0.6 is 0 Å². The van der Waals surface area contributed by atoms with Crippen molar-refractivity contribution in [3.05, 3.63) is 29.6 Å². The largest absolute Gasteiger partial charge is 0.465 e. The maximum Gasteiger partial charge on any atom is 0.404 e. The molecule has 1 aromatic heterocycles. The minimum atomic E-state index is -1.15. The van der Waals surface area contributed by atoms with Crippen LogP contribution in [0.1, 0.15) is 28.9 Å². The number of rotatable bonds is 5. The van der Waals surface area contributed by atoms with Crippen molar-refractivity contribution < 1.29 is 19.5 Å². The highest BCUT2D eigenvalue weighted by Gasteiger charge is 2.36. The lowest BCUT2D eigenvalue weighted by molar-refractivity contribution is -0.128. The molecule has 0 spiro atoms. The smallest absolute Gasteiger partial charge is 0.404 e. The molecular formula is C14H17N3O4. The average molecular weight is 291 g/mol. The molecule has 2 rings (SSSR count). The van der Waals surface area contributed by atoms with Crippen molar-refractivity contribution in [1.82, 2.24) is 15.2 Å². The zero-order chi connectivity index (χ0) is 15.4. The van der Waals surface area contributed by atoms with Crippen molar-refractivity contribution in [2.24, 2.45) is 0 Å². The normalized spacial score (nSPS) is 17.9. The molecule has 2 heterocycles. The highest BCUT2D eigenvalue weighted by Crippen LogP contribution is 2.22. The summed E-state index contributed by atoms with van der Waals surface area (Å²) in [6.07, 6.45) is 1.15. The van der Waals surface area contributed by atoms with Crippen LogP contribution in [0.4, 0.5) is 4.79 Å². The highest BCUT2D eigenvalue weighted by atomic mass is 16.4. The standard InChI is InChI=1S/C14H17N3O4/c1-9-3-2-6-15-12(9)13(19)10-4-5-11(18)17(10)8-7-16-14(20)21/h2-3,6,10,16H,4-5,7-8H2,1H3,(H,20,21)/t10-/m0/s1. The lowest BCUT2D eigenvalue weighted by Crippen LogP contribution is -2.43. The quantitative estimate of drug-likeness (QED) is 0.783. The number of carboxylic acid groups (broad SMARTS) is 1. The Morgan fingerprint density at radius 1 is 1.52 bits per heavy atom. The van der Waals surface area contributed by atoms with Gasteiger partial charge in [0, 0.05) is 25.7 Å². The van der Waals surface area contributed by atoms with Crippen LogP contribution < -0.4 is 5.32 Å². The molecular weight excluding hydrogens is 274 g/mol. The second kappa shape index (κ2) is 6.34. The number of aromatic nitrogens is 1. The molecule has 0 unspecified atom stereocenters. The van der Waals surface area contributed by atoms with Crippen molar-refractivity contribution >= 4 is 17.8 Å². The molecule has 7 nitrogen and oxygen atoms in total. The SMILES string of the molecule is Cc1cccnc1C(=O)[C@@H]1CCC(=O)N1CCNC(=O)O. The molecule has 1 aromatic rings. The molecule has 7 heteroatoms. The number of aryl methyl sites for hydroxylation is 1. The van der Waals surface area contributed by atoms with Gasteiger partial charge in [-0.05, 0) is 25.0 Å². The van der Waals surface area contributed by atoms with Crippen LogP contribution in [0.3, 0.4) is 0 Å². The molecule has 1 fully saturated rings. The maximum atomic E-state index is 12.5. The van der Waals surface area contributed by atoms with Gasteiger partial charge in [-0.1, -0.05) is 6.07 Å². The Hall–Kier alpha value is -2.44. The number of likely N-dealkylation sites (tertiary alicyclic amines) is 1. The molecule has 2 amide bonds. The van der Waals surface area contributed by atoms with E-state index >= 15 is 0 Å². The monoisotopic (exact) mass is 291 g/mol. The number of ketones is 1. The first-order chi connectivity index (χ1) is 10.0. The summed E-state index contributed by atoms with van der Waals surface area (Å²) < 4.78 is 0. The summed E-state index contributed by atoms with van der Waals surface area (Å²) in [7, 11) is 0. The summed E-state index contributed by atoms with van der Waals surface area (Å²) in [6.45, 7) is 2.09. The number of nitrogens with zero attached hydrogens (tertiary/aromatic N) is 2. The minimum absolute atomic E-state index is 0.103. The first-order valence-electron chi connectivity index (χ1n) is 6.73. The van der Waals surface area contributed by atoms with Gasteiger partial charge in [0.15, 0.2) is 0 Å². The van der Waals surface area contributed by atoms with Crippen LogP contribution in [-0.4, -0.2) is 51.9 Å². The van der Waals surface area contributed by atoms with Crippen LogP contribution in [0.5, 0.6) is 0 Å². The third-order valence-corrected chi connectivity index (χ3v) is 3.50. The van der Waals surface area contributed by atoms with E-state index in [4.69, 9.17) is 5.11 Å². The van der Waals surface area contributed by atoms with Crippen LogP contribution in [0, 0.1) is 6.92 Å². The zero-order valence-corrected chi connectivity index (χ0v) is 11.7. The van der Waals surface area contributed by atoms with Gasteiger partial charge in [0.2, 0.25) is 11.7 Å². The Morgan fingerprint density at radius 2 is 2.29 bits per heavy atom. The molecule has 0 saturated carbocycles. The molecule has 1 atom stereocenters. The molecule has 2 N–H and O–H groups in total. The predicted molar refractivity (Wildman–Crippen MR) is 74.1 cm³/mol. The summed E-state index contributed by atoms with van der Waals surface area (Å²) >= 11 is 0. The van der Waals surface area contributed by atoms with E-state index in [0.717, 1.165) is 5.56 Å². The van der Waals surface area contributed by atoms with Gasteiger partial charge >= 0.3 is 6.09 Å². The van der Waals surface area contributed by atoms with Crippen LogP contribution in [0.2, 0.25) is 0 Å². The summed E-state index contributed by atoms with van der Waals surface area (Å²) in [5.41, 5.74) is 1.14. The fourth-order valence-electron chi connectivity index (χ4n) is 2.47. The van der Waals surface area contributed by atoms with E-state index in [9.17, 15) is 14.4 Å². The van der Waals surface area contributed by atoms with Gasteiger partial charge in [0.05, 0.1) is 6.04 Å². The van der Waals surface area contributed by atoms with E-state index in [-0.39, 0.29) is 24.8 Å². The molecule has 0 aromatic carbocycles. The minimum Gasteiger partial charge on any atom is -0.465 e. The van der Waals surface area contributed by atoms with Gasteiger partial charge in [-0.2, -0.15) is 0 Å². The van der Waals surface area contributed by atoms with Crippen molar-refractivity contribution in [1.29, 1.82) is 0 Å². The van der Waals surface area contributed by atoms with Gasteiger partial charge in [0.1, 0.15) is 5.69 Å². The summed E-state index contributed by atoms with van der Waals surface area (Å²) in [5, 5.41) is 10.8. The van der Waals surface area contributed by atoms with E-state index in [1.807, 2.05) is 0 Å².